The van der Waals surface area contributed by atoms with Crippen molar-refractivity contribution in [3.63, 3.8) is 0 Å². The number of methoxy groups -OCH3 is 3. The minimum absolute atomic E-state index is 0.774. The predicted molar refractivity (Wildman–Crippen MR) is 96.2 cm³/mol. The van der Waals surface area contributed by atoms with Gasteiger partial charge in [0.1, 0.15) is 0 Å². The third-order valence-electron chi connectivity index (χ3n) is 4.15. The van der Waals surface area contributed by atoms with Gasteiger partial charge in [0.2, 0.25) is 0 Å². The van der Waals surface area contributed by atoms with Crippen LogP contribution in [0.25, 0.3) is 6.08 Å². The highest BCUT2D eigenvalue weighted by Gasteiger charge is 2.28. The van der Waals surface area contributed by atoms with E-state index in [9.17, 15) is 0 Å². The Hall–Kier alpha value is -1.16. The number of unbranched alkanes of at least 4 members (excludes halogenated alkanes) is 6. The number of hydrogen-bond donors (Lipinski definition) is 0. The zero-order chi connectivity index (χ0) is 16.8. The molecule has 0 N–H and O–H groups in total. The highest BCUT2D eigenvalue weighted by molar-refractivity contribution is 5.48. The lowest BCUT2D eigenvalue weighted by atomic mass is 10.1. The molecule has 0 saturated carbocycles. The Bertz CT molecular complexity index is 402. The second-order valence-electron chi connectivity index (χ2n) is 5.77. The molecule has 130 valence electrons. The molecule has 0 unspecified atom stereocenters. The van der Waals surface area contributed by atoms with Crippen LogP contribution in [0.1, 0.15) is 56.9 Å². The second kappa shape index (κ2) is 12.3. The molecule has 0 aromatic heterocycles. The maximum absolute atomic E-state index is 5.29. The molecule has 0 spiro atoms. The number of ether oxygens (including phenoxy) is 3. The Morgan fingerprint density at radius 1 is 0.783 bits per heavy atom. The average molecular weight is 320 g/mol. The summed E-state index contributed by atoms with van der Waals surface area (Å²) in [7, 11) is 4.86. The lowest BCUT2D eigenvalue weighted by Crippen LogP contribution is -2.35. The molecular formula is C20H32O3. The zero-order valence-corrected chi connectivity index (χ0v) is 14.9. The van der Waals surface area contributed by atoms with Gasteiger partial charge in [0.25, 0.3) is 5.97 Å². The van der Waals surface area contributed by atoms with Crippen LogP contribution in [0.2, 0.25) is 0 Å². The Kier molecular flexibility index (Phi) is 10.6. The van der Waals surface area contributed by atoms with E-state index < -0.39 is 5.97 Å². The van der Waals surface area contributed by atoms with Gasteiger partial charge in [0.15, 0.2) is 0 Å². The van der Waals surface area contributed by atoms with E-state index in [1.165, 1.54) is 37.7 Å². The van der Waals surface area contributed by atoms with Crippen LogP contribution in [0.5, 0.6) is 0 Å². The molecule has 0 bridgehead atoms. The van der Waals surface area contributed by atoms with Crippen molar-refractivity contribution in [1.29, 1.82) is 0 Å². The predicted octanol–water partition coefficient (Wildman–Crippen LogP) is 5.41. The number of rotatable bonds is 13. The van der Waals surface area contributed by atoms with Crippen molar-refractivity contribution in [1.82, 2.24) is 0 Å². The molecule has 0 fully saturated rings. The van der Waals surface area contributed by atoms with Gasteiger partial charge in [0, 0.05) is 27.8 Å². The third-order valence-corrected chi connectivity index (χ3v) is 4.15. The Balaban J connectivity index is 1.98. The van der Waals surface area contributed by atoms with Gasteiger partial charge in [-0.2, -0.15) is 0 Å². The Labute approximate surface area is 141 Å². The number of hydrogen-bond acceptors (Lipinski definition) is 3. The molecule has 0 aliphatic rings. The summed E-state index contributed by atoms with van der Waals surface area (Å²) < 4.78 is 15.9. The van der Waals surface area contributed by atoms with Gasteiger partial charge in [-0.25, -0.2) is 0 Å². The number of benzene rings is 1. The highest BCUT2D eigenvalue weighted by Crippen LogP contribution is 2.21. The van der Waals surface area contributed by atoms with E-state index in [0.717, 1.165) is 19.3 Å². The molecule has 0 heterocycles. The molecule has 0 aliphatic heterocycles. The first kappa shape index (κ1) is 19.9. The van der Waals surface area contributed by atoms with Crippen molar-refractivity contribution in [2.45, 2.75) is 57.3 Å². The molecule has 23 heavy (non-hydrogen) atoms. The zero-order valence-electron chi connectivity index (χ0n) is 14.9. The highest BCUT2D eigenvalue weighted by atomic mass is 16.9. The molecule has 1 rings (SSSR count). The van der Waals surface area contributed by atoms with E-state index in [-0.39, 0.29) is 0 Å². The van der Waals surface area contributed by atoms with Crippen LogP contribution < -0.4 is 0 Å². The van der Waals surface area contributed by atoms with Crippen LogP contribution >= 0.6 is 0 Å². The van der Waals surface area contributed by atoms with E-state index in [2.05, 4.69) is 36.4 Å². The molecule has 3 heteroatoms. The summed E-state index contributed by atoms with van der Waals surface area (Å²) in [5.41, 5.74) is 1.28. The maximum atomic E-state index is 5.29. The van der Waals surface area contributed by atoms with Gasteiger partial charge >= 0.3 is 0 Å². The molecule has 3 nitrogen and oxygen atoms in total. The van der Waals surface area contributed by atoms with Crippen molar-refractivity contribution >= 4 is 6.08 Å². The van der Waals surface area contributed by atoms with Gasteiger partial charge in [-0.3, -0.25) is 0 Å². The van der Waals surface area contributed by atoms with E-state index in [1.54, 1.807) is 21.3 Å². The van der Waals surface area contributed by atoms with Gasteiger partial charge in [-0.15, -0.1) is 0 Å². The van der Waals surface area contributed by atoms with E-state index in [0.29, 0.717) is 0 Å². The largest absolute Gasteiger partial charge is 0.331 e. The first-order chi connectivity index (χ1) is 11.3. The first-order valence-electron chi connectivity index (χ1n) is 8.63. The minimum Gasteiger partial charge on any atom is -0.331 e. The van der Waals surface area contributed by atoms with Gasteiger partial charge < -0.3 is 14.2 Å². The van der Waals surface area contributed by atoms with Crippen LogP contribution in [-0.4, -0.2) is 27.3 Å². The van der Waals surface area contributed by atoms with Crippen LogP contribution in [0.15, 0.2) is 36.4 Å². The van der Waals surface area contributed by atoms with Crippen molar-refractivity contribution in [2.24, 2.45) is 0 Å². The average Bonchev–Trinajstić information content (AvgIpc) is 2.61. The quantitative estimate of drug-likeness (QED) is 0.359. The fourth-order valence-corrected chi connectivity index (χ4v) is 2.65. The van der Waals surface area contributed by atoms with Crippen LogP contribution in [0.3, 0.4) is 0 Å². The minimum atomic E-state index is -0.859. The van der Waals surface area contributed by atoms with E-state index in [4.69, 9.17) is 14.2 Å². The normalized spacial score (nSPS) is 12.1. The number of allylic oxidation sites excluding steroid dienone is 1. The standard InChI is InChI=1S/C20H32O3/c1-21-20(22-2,23-3)18-14-9-7-5-4-6-8-11-15-19-16-12-10-13-17-19/h10-13,15-17H,4-9,14,18H2,1-3H3. The Morgan fingerprint density at radius 2 is 1.35 bits per heavy atom. The molecule has 0 amide bonds. The summed E-state index contributed by atoms with van der Waals surface area (Å²) >= 11 is 0. The summed E-state index contributed by atoms with van der Waals surface area (Å²) in [6.07, 6.45) is 13.8. The molecule has 0 aliphatic carbocycles. The summed E-state index contributed by atoms with van der Waals surface area (Å²) in [5.74, 6) is -0.859. The summed E-state index contributed by atoms with van der Waals surface area (Å²) in [6, 6.07) is 10.5. The lowest BCUT2D eigenvalue weighted by Gasteiger charge is -2.28. The van der Waals surface area contributed by atoms with E-state index in [1.807, 2.05) is 6.07 Å². The van der Waals surface area contributed by atoms with Crippen LogP contribution in [0, 0.1) is 0 Å². The fraction of sp³-hybridized carbons (Fsp3) is 0.600. The lowest BCUT2D eigenvalue weighted by molar-refractivity contribution is -0.355. The van der Waals surface area contributed by atoms with Crippen molar-refractivity contribution < 1.29 is 14.2 Å². The van der Waals surface area contributed by atoms with Crippen molar-refractivity contribution in [3.05, 3.63) is 42.0 Å². The van der Waals surface area contributed by atoms with Crippen LogP contribution in [0.4, 0.5) is 0 Å². The molecule has 1 aromatic rings. The van der Waals surface area contributed by atoms with Crippen molar-refractivity contribution in [3.8, 4) is 0 Å². The van der Waals surface area contributed by atoms with Crippen molar-refractivity contribution in [2.75, 3.05) is 21.3 Å². The van der Waals surface area contributed by atoms with Gasteiger partial charge in [-0.1, -0.05) is 68.2 Å². The third kappa shape index (κ3) is 8.31. The summed E-state index contributed by atoms with van der Waals surface area (Å²) in [5, 5.41) is 0. The molecular weight excluding hydrogens is 288 g/mol. The van der Waals surface area contributed by atoms with Gasteiger partial charge in [-0.05, 0) is 24.8 Å². The Morgan fingerprint density at radius 3 is 1.96 bits per heavy atom. The van der Waals surface area contributed by atoms with Gasteiger partial charge in [0.05, 0.1) is 0 Å². The first-order valence-corrected chi connectivity index (χ1v) is 8.63. The molecule has 1 aromatic carbocycles. The summed E-state index contributed by atoms with van der Waals surface area (Å²) in [6.45, 7) is 0. The fourth-order valence-electron chi connectivity index (χ4n) is 2.65. The molecule has 0 atom stereocenters. The van der Waals surface area contributed by atoms with Crippen LogP contribution in [-0.2, 0) is 14.2 Å². The second-order valence-corrected chi connectivity index (χ2v) is 5.77. The SMILES string of the molecule is COC(CCCCCCCCC=Cc1ccccc1)(OC)OC. The summed E-state index contributed by atoms with van der Waals surface area (Å²) in [4.78, 5) is 0. The topological polar surface area (TPSA) is 27.7 Å². The maximum Gasteiger partial charge on any atom is 0.282 e. The molecule has 0 radical (unpaired) electrons. The molecule has 0 saturated heterocycles. The smallest absolute Gasteiger partial charge is 0.282 e. The van der Waals surface area contributed by atoms with E-state index >= 15 is 0 Å². The monoisotopic (exact) mass is 320 g/mol.